The van der Waals surface area contributed by atoms with Crippen LogP contribution in [0.5, 0.6) is 5.75 Å². The molecule has 38 heavy (non-hydrogen) atoms. The third kappa shape index (κ3) is 6.71. The van der Waals surface area contributed by atoms with E-state index in [0.29, 0.717) is 28.1 Å². The van der Waals surface area contributed by atoms with Crippen molar-refractivity contribution in [3.05, 3.63) is 125 Å². The summed E-state index contributed by atoms with van der Waals surface area (Å²) in [5, 5.41) is 3.95. The van der Waals surface area contributed by atoms with Gasteiger partial charge in [-0.05, 0) is 91.7 Å². The Balaban J connectivity index is 1.31. The Labute approximate surface area is 221 Å². The maximum Gasteiger partial charge on any atom is 0.343 e. The van der Waals surface area contributed by atoms with E-state index in [0.717, 1.165) is 11.1 Å². The van der Waals surface area contributed by atoms with Crippen molar-refractivity contribution in [1.82, 2.24) is 5.43 Å². The van der Waals surface area contributed by atoms with Crippen LogP contribution < -0.4 is 14.9 Å². The summed E-state index contributed by atoms with van der Waals surface area (Å²) in [6.45, 7) is 3.72. The number of benzene rings is 4. The molecule has 0 aliphatic rings. The van der Waals surface area contributed by atoms with Gasteiger partial charge in [-0.2, -0.15) is 5.10 Å². The summed E-state index contributed by atoms with van der Waals surface area (Å²) in [6.07, 6.45) is 1.45. The number of rotatable bonds is 8. The summed E-state index contributed by atoms with van der Waals surface area (Å²) in [5.74, 6) is -0.513. The number of carbonyl (C=O) groups excluding carboxylic acids is 2. The molecule has 2 N–H and O–H groups in total. The molecule has 0 radical (unpaired) electrons. The van der Waals surface area contributed by atoms with Gasteiger partial charge >= 0.3 is 5.97 Å². The lowest BCUT2D eigenvalue weighted by Crippen LogP contribution is -2.18. The third-order valence-electron chi connectivity index (χ3n) is 5.57. The Morgan fingerprint density at radius 2 is 1.47 bits per heavy atom. The number of aryl methyl sites for hydroxylation is 2. The van der Waals surface area contributed by atoms with Crippen LogP contribution >= 0.6 is 0 Å². The molecule has 4 rings (SSSR count). The molecule has 0 aliphatic heterocycles. The number of nitrogens with one attached hydrogen (secondary N) is 2. The van der Waals surface area contributed by atoms with Crippen molar-refractivity contribution < 1.29 is 22.7 Å². The number of hydrogen-bond acceptors (Lipinski definition) is 6. The maximum atomic E-state index is 12.5. The molecule has 0 fully saturated rings. The quantitative estimate of drug-likeness (QED) is 0.143. The molecular formula is C29H25N3O5S. The second kappa shape index (κ2) is 11.5. The number of carbonyl (C=O) groups is 2. The highest BCUT2D eigenvalue weighted by Crippen LogP contribution is 2.18. The van der Waals surface area contributed by atoms with Gasteiger partial charge in [0.1, 0.15) is 5.75 Å². The van der Waals surface area contributed by atoms with E-state index in [-0.39, 0.29) is 4.90 Å². The molecule has 1 amide bonds. The van der Waals surface area contributed by atoms with Gasteiger partial charge in [0.2, 0.25) is 0 Å². The van der Waals surface area contributed by atoms with Crippen LogP contribution in [0.25, 0.3) is 0 Å². The lowest BCUT2D eigenvalue weighted by molar-refractivity contribution is 0.0733. The number of ether oxygens (including phenoxy) is 1. The van der Waals surface area contributed by atoms with Crippen LogP contribution in [0.3, 0.4) is 0 Å². The highest BCUT2D eigenvalue weighted by atomic mass is 32.2. The summed E-state index contributed by atoms with van der Waals surface area (Å²) in [4.78, 5) is 24.9. The van der Waals surface area contributed by atoms with Gasteiger partial charge in [0.15, 0.2) is 0 Å². The lowest BCUT2D eigenvalue weighted by Gasteiger charge is -2.09. The molecule has 8 nitrogen and oxygen atoms in total. The highest BCUT2D eigenvalue weighted by Gasteiger charge is 2.14. The van der Waals surface area contributed by atoms with E-state index in [2.05, 4.69) is 15.2 Å². The standard InChI is InChI=1S/C29H25N3O5S/c1-20-7-17-26(18-8-20)38(35,36)32-24-13-11-23(12-14-24)28(33)31-30-19-22-9-15-25(16-10-22)37-29(34)27-6-4-3-5-21(27)2/h3-19,32H,1-2H3,(H,31,33)/b30-19-. The molecule has 0 aromatic heterocycles. The highest BCUT2D eigenvalue weighted by molar-refractivity contribution is 7.92. The number of nitrogens with zero attached hydrogens (tertiary/aromatic N) is 1. The van der Waals surface area contributed by atoms with Crippen molar-refractivity contribution in [2.75, 3.05) is 4.72 Å². The smallest absolute Gasteiger partial charge is 0.343 e. The Bertz CT molecular complexity index is 1580. The van der Waals surface area contributed by atoms with Crippen molar-refractivity contribution in [1.29, 1.82) is 0 Å². The molecule has 4 aromatic carbocycles. The van der Waals surface area contributed by atoms with Crippen molar-refractivity contribution in [3.63, 3.8) is 0 Å². The molecule has 0 atom stereocenters. The molecule has 0 aliphatic carbocycles. The van der Waals surface area contributed by atoms with E-state index in [1.165, 1.54) is 42.6 Å². The lowest BCUT2D eigenvalue weighted by atomic mass is 10.1. The van der Waals surface area contributed by atoms with Crippen LogP contribution in [0.1, 0.15) is 37.4 Å². The first-order valence-electron chi connectivity index (χ1n) is 11.6. The van der Waals surface area contributed by atoms with Gasteiger partial charge in [0, 0.05) is 11.3 Å². The second-order valence-electron chi connectivity index (χ2n) is 8.47. The largest absolute Gasteiger partial charge is 0.423 e. The minimum absolute atomic E-state index is 0.150. The fraction of sp³-hybridized carbons (Fsp3) is 0.0690. The van der Waals surface area contributed by atoms with E-state index in [9.17, 15) is 18.0 Å². The van der Waals surface area contributed by atoms with Crippen molar-refractivity contribution in [3.8, 4) is 5.75 Å². The number of hydrogen-bond donors (Lipinski definition) is 2. The first kappa shape index (κ1) is 26.3. The number of anilines is 1. The molecule has 4 aromatic rings. The van der Waals surface area contributed by atoms with Gasteiger partial charge in [0.25, 0.3) is 15.9 Å². The summed E-state index contributed by atoms with van der Waals surface area (Å²) in [6, 6.07) is 26.3. The first-order valence-corrected chi connectivity index (χ1v) is 13.1. The van der Waals surface area contributed by atoms with E-state index >= 15 is 0 Å². The molecule has 9 heteroatoms. The van der Waals surface area contributed by atoms with Crippen LogP contribution in [0, 0.1) is 13.8 Å². The van der Waals surface area contributed by atoms with Gasteiger partial charge in [-0.3, -0.25) is 9.52 Å². The molecule has 0 saturated carbocycles. The Kier molecular flexibility index (Phi) is 7.98. The van der Waals surface area contributed by atoms with E-state index < -0.39 is 21.9 Å². The number of hydrazone groups is 1. The van der Waals surface area contributed by atoms with E-state index in [4.69, 9.17) is 4.74 Å². The predicted octanol–water partition coefficient (Wildman–Crippen LogP) is 5.09. The van der Waals surface area contributed by atoms with Crippen molar-refractivity contribution in [2.45, 2.75) is 18.7 Å². The van der Waals surface area contributed by atoms with Gasteiger partial charge in [-0.25, -0.2) is 18.6 Å². The molecule has 192 valence electrons. The molecule has 0 spiro atoms. The fourth-order valence-electron chi connectivity index (χ4n) is 3.44. The molecular weight excluding hydrogens is 502 g/mol. The fourth-order valence-corrected chi connectivity index (χ4v) is 4.50. The Hall–Kier alpha value is -4.76. The maximum absolute atomic E-state index is 12.5. The first-order chi connectivity index (χ1) is 18.2. The number of sulfonamides is 1. The summed E-state index contributed by atoms with van der Waals surface area (Å²) in [5.41, 5.74) is 6.03. The Morgan fingerprint density at radius 1 is 0.816 bits per heavy atom. The third-order valence-corrected chi connectivity index (χ3v) is 6.96. The average Bonchev–Trinajstić information content (AvgIpc) is 2.90. The summed E-state index contributed by atoms with van der Waals surface area (Å²) in [7, 11) is -3.74. The van der Waals surface area contributed by atoms with Gasteiger partial charge in [-0.1, -0.05) is 35.9 Å². The minimum Gasteiger partial charge on any atom is -0.423 e. The number of esters is 1. The van der Waals surface area contributed by atoms with Crippen molar-refractivity contribution in [2.24, 2.45) is 5.10 Å². The van der Waals surface area contributed by atoms with Crippen LogP contribution in [0.15, 0.2) is 107 Å². The van der Waals surface area contributed by atoms with Crippen LogP contribution in [-0.4, -0.2) is 26.5 Å². The van der Waals surface area contributed by atoms with Crippen LogP contribution in [0.4, 0.5) is 5.69 Å². The zero-order valence-corrected chi connectivity index (χ0v) is 21.5. The Morgan fingerprint density at radius 3 is 2.13 bits per heavy atom. The zero-order valence-electron chi connectivity index (χ0n) is 20.7. The topological polar surface area (TPSA) is 114 Å². The van der Waals surface area contributed by atoms with Gasteiger partial charge < -0.3 is 4.74 Å². The SMILES string of the molecule is Cc1ccc(S(=O)(=O)Nc2ccc(C(=O)N/N=C\c3ccc(OC(=O)c4ccccc4C)cc3)cc2)cc1. The minimum atomic E-state index is -3.74. The van der Waals surface area contributed by atoms with Crippen molar-refractivity contribution >= 4 is 33.8 Å². The van der Waals surface area contributed by atoms with E-state index in [1.807, 2.05) is 26.0 Å². The number of amides is 1. The molecule has 0 bridgehead atoms. The van der Waals surface area contributed by atoms with Gasteiger partial charge in [0.05, 0.1) is 16.7 Å². The predicted molar refractivity (Wildman–Crippen MR) is 146 cm³/mol. The summed E-state index contributed by atoms with van der Waals surface area (Å²) >= 11 is 0. The van der Waals surface area contributed by atoms with Crippen LogP contribution in [0.2, 0.25) is 0 Å². The zero-order chi connectivity index (χ0) is 27.1. The molecule has 0 heterocycles. The van der Waals surface area contributed by atoms with E-state index in [1.54, 1.807) is 48.5 Å². The molecule has 0 saturated heterocycles. The normalized spacial score (nSPS) is 11.2. The van der Waals surface area contributed by atoms with Crippen LogP contribution in [-0.2, 0) is 10.0 Å². The second-order valence-corrected chi connectivity index (χ2v) is 10.2. The summed E-state index contributed by atoms with van der Waals surface area (Å²) < 4.78 is 33.0. The monoisotopic (exact) mass is 527 g/mol. The molecule has 0 unspecified atom stereocenters. The van der Waals surface area contributed by atoms with Gasteiger partial charge in [-0.15, -0.1) is 0 Å². The average molecular weight is 528 g/mol.